The second kappa shape index (κ2) is 17.8. The number of hydrogen-bond acceptors (Lipinski definition) is 2. The van der Waals surface area contributed by atoms with E-state index in [1.54, 1.807) is 7.11 Å². The molecule has 4 heteroatoms. The molecule has 0 saturated carbocycles. The van der Waals surface area contributed by atoms with Crippen LogP contribution in [0, 0.1) is 6.92 Å². The van der Waals surface area contributed by atoms with Crippen LogP contribution in [0.4, 0.5) is 0 Å². The van der Waals surface area contributed by atoms with Crippen LogP contribution in [0.15, 0.2) is 12.1 Å². The van der Waals surface area contributed by atoms with Crippen molar-refractivity contribution in [2.75, 3.05) is 27.7 Å². The summed E-state index contributed by atoms with van der Waals surface area (Å²) in [7, 11) is 6.35. The molecule has 0 aliphatic rings. The zero-order valence-electron chi connectivity index (χ0n) is 20.6. The summed E-state index contributed by atoms with van der Waals surface area (Å²) in [5.74, 6) is 0.881. The summed E-state index contributed by atoms with van der Waals surface area (Å²) in [6.07, 6.45) is 19.9. The molecule has 0 atom stereocenters. The first-order valence-electron chi connectivity index (χ1n) is 12.3. The van der Waals surface area contributed by atoms with Gasteiger partial charge in [-0.25, -0.2) is 4.98 Å². The summed E-state index contributed by atoms with van der Waals surface area (Å²) < 4.78 is 6.33. The number of hydrogen-bond donors (Lipinski definition) is 0. The maximum absolute atomic E-state index is 5.32. The zero-order chi connectivity index (χ0) is 21.4. The van der Waals surface area contributed by atoms with Crippen LogP contribution in [-0.4, -0.2) is 37.2 Å². The molecule has 0 bridgehead atoms. The van der Waals surface area contributed by atoms with Crippen LogP contribution in [0.25, 0.3) is 0 Å². The number of aryl methyl sites for hydroxylation is 1. The average molecular weight is 441 g/mol. The summed E-state index contributed by atoms with van der Waals surface area (Å²) in [5.41, 5.74) is 2.15. The normalized spacial score (nSPS) is 11.4. The van der Waals surface area contributed by atoms with E-state index in [0.29, 0.717) is 0 Å². The third kappa shape index (κ3) is 14.2. The SMILES string of the molecule is CCCCCCCCCCCCCCCC[N+](C)(C)Cc1ccc(OC)c(C)n1.[Cl-]. The van der Waals surface area contributed by atoms with Crippen LogP contribution in [0.1, 0.15) is 108 Å². The number of halogens is 1. The van der Waals surface area contributed by atoms with Crippen molar-refractivity contribution in [1.29, 1.82) is 0 Å². The topological polar surface area (TPSA) is 22.1 Å². The Labute approximate surface area is 194 Å². The lowest BCUT2D eigenvalue weighted by molar-refractivity contribution is -0.904. The number of unbranched alkanes of at least 4 members (excludes halogenated alkanes) is 13. The molecule has 30 heavy (non-hydrogen) atoms. The van der Waals surface area contributed by atoms with Gasteiger partial charge in [0.15, 0.2) is 0 Å². The molecule has 1 aromatic heterocycles. The number of aromatic nitrogens is 1. The first-order valence-corrected chi connectivity index (χ1v) is 12.3. The van der Waals surface area contributed by atoms with Crippen molar-refractivity contribution >= 4 is 0 Å². The predicted molar refractivity (Wildman–Crippen MR) is 127 cm³/mol. The molecule has 3 nitrogen and oxygen atoms in total. The van der Waals surface area contributed by atoms with E-state index in [1.165, 1.54) is 102 Å². The van der Waals surface area contributed by atoms with Crippen molar-refractivity contribution in [2.24, 2.45) is 0 Å². The molecular weight excluding hydrogens is 392 g/mol. The highest BCUT2D eigenvalue weighted by Gasteiger charge is 2.17. The Balaban J connectivity index is 0.00000841. The minimum Gasteiger partial charge on any atom is -1.00 e. The van der Waals surface area contributed by atoms with Crippen molar-refractivity contribution in [3.8, 4) is 5.75 Å². The van der Waals surface area contributed by atoms with E-state index in [1.807, 2.05) is 13.0 Å². The summed E-state index contributed by atoms with van der Waals surface area (Å²) in [5, 5.41) is 0. The molecular formula is C26H49ClN2O. The molecule has 0 amide bonds. The summed E-state index contributed by atoms with van der Waals surface area (Å²) in [4.78, 5) is 4.71. The molecule has 1 aromatic rings. The van der Waals surface area contributed by atoms with Crippen LogP contribution >= 0.6 is 0 Å². The van der Waals surface area contributed by atoms with Gasteiger partial charge in [-0.1, -0.05) is 84.0 Å². The fourth-order valence-electron chi connectivity index (χ4n) is 4.16. The van der Waals surface area contributed by atoms with Crippen LogP contribution < -0.4 is 17.1 Å². The lowest BCUT2D eigenvalue weighted by atomic mass is 10.0. The van der Waals surface area contributed by atoms with E-state index in [0.717, 1.165) is 22.5 Å². The van der Waals surface area contributed by atoms with Gasteiger partial charge in [0.2, 0.25) is 0 Å². The van der Waals surface area contributed by atoms with Crippen molar-refractivity contribution in [3.05, 3.63) is 23.5 Å². The minimum absolute atomic E-state index is 0. The Morgan fingerprint density at radius 2 is 1.23 bits per heavy atom. The van der Waals surface area contributed by atoms with Crippen LogP contribution in [-0.2, 0) is 6.54 Å². The Kier molecular flexibility index (Phi) is 17.4. The molecule has 176 valence electrons. The monoisotopic (exact) mass is 440 g/mol. The molecule has 0 saturated heterocycles. The third-order valence-electron chi connectivity index (χ3n) is 6.02. The third-order valence-corrected chi connectivity index (χ3v) is 6.02. The van der Waals surface area contributed by atoms with Gasteiger partial charge >= 0.3 is 0 Å². The van der Waals surface area contributed by atoms with Gasteiger partial charge in [-0.05, 0) is 31.9 Å². The Bertz CT molecular complexity index is 534. The number of quaternary nitrogens is 1. The molecule has 0 unspecified atom stereocenters. The summed E-state index contributed by atoms with van der Waals surface area (Å²) in [6.45, 7) is 6.53. The van der Waals surface area contributed by atoms with Gasteiger partial charge in [0.25, 0.3) is 0 Å². The highest BCUT2D eigenvalue weighted by molar-refractivity contribution is 5.27. The van der Waals surface area contributed by atoms with E-state index >= 15 is 0 Å². The van der Waals surface area contributed by atoms with Gasteiger partial charge in [0, 0.05) is 0 Å². The fourth-order valence-corrected chi connectivity index (χ4v) is 4.16. The smallest absolute Gasteiger partial charge is 0.140 e. The van der Waals surface area contributed by atoms with Crippen LogP contribution in [0.2, 0.25) is 0 Å². The lowest BCUT2D eigenvalue weighted by Crippen LogP contribution is -3.00. The first kappa shape index (κ1) is 29.2. The lowest BCUT2D eigenvalue weighted by Gasteiger charge is -2.29. The molecule has 1 heterocycles. The highest BCUT2D eigenvalue weighted by atomic mass is 35.5. The molecule has 0 aliphatic carbocycles. The summed E-state index contributed by atoms with van der Waals surface area (Å²) in [6, 6.07) is 4.15. The minimum atomic E-state index is 0. The quantitative estimate of drug-likeness (QED) is 0.248. The molecule has 1 rings (SSSR count). The second-order valence-corrected chi connectivity index (χ2v) is 9.50. The fraction of sp³-hybridized carbons (Fsp3) is 0.808. The Morgan fingerprint density at radius 3 is 1.67 bits per heavy atom. The molecule has 0 spiro atoms. The van der Waals surface area contributed by atoms with Crippen LogP contribution in [0.5, 0.6) is 5.75 Å². The van der Waals surface area contributed by atoms with Gasteiger partial charge in [-0.2, -0.15) is 0 Å². The standard InChI is InChI=1S/C26H49N2O.ClH/c1-6-7-8-9-10-11-12-13-14-15-16-17-18-19-22-28(3,4)23-25-20-21-26(29-5)24(2)27-25;/h20-21H,6-19,22-23H2,1-5H3;1H/q+1;/p-1. The molecule has 0 aromatic carbocycles. The number of rotatable bonds is 18. The van der Waals surface area contributed by atoms with Gasteiger partial charge in [-0.15, -0.1) is 0 Å². The largest absolute Gasteiger partial charge is 1.00 e. The Hall–Kier alpha value is -0.800. The van der Waals surface area contributed by atoms with E-state index in [-0.39, 0.29) is 12.4 Å². The van der Waals surface area contributed by atoms with E-state index in [2.05, 4.69) is 27.1 Å². The van der Waals surface area contributed by atoms with Gasteiger partial charge in [-0.3, -0.25) is 0 Å². The van der Waals surface area contributed by atoms with Crippen molar-refractivity contribution in [2.45, 2.75) is 110 Å². The van der Waals surface area contributed by atoms with Crippen LogP contribution in [0.3, 0.4) is 0 Å². The van der Waals surface area contributed by atoms with Crippen molar-refractivity contribution in [3.63, 3.8) is 0 Å². The van der Waals surface area contributed by atoms with Crippen molar-refractivity contribution < 1.29 is 21.6 Å². The molecule has 0 fully saturated rings. The number of pyridine rings is 1. The first-order chi connectivity index (χ1) is 14.0. The number of nitrogens with zero attached hydrogens (tertiary/aromatic N) is 2. The highest BCUT2D eigenvalue weighted by Crippen LogP contribution is 2.18. The van der Waals surface area contributed by atoms with Gasteiger partial charge in [0.05, 0.1) is 39.1 Å². The summed E-state index contributed by atoms with van der Waals surface area (Å²) >= 11 is 0. The molecule has 0 aliphatic heterocycles. The number of ether oxygens (including phenoxy) is 1. The number of methoxy groups -OCH3 is 1. The Morgan fingerprint density at radius 1 is 0.767 bits per heavy atom. The maximum atomic E-state index is 5.32. The molecule has 0 radical (unpaired) electrons. The second-order valence-electron chi connectivity index (χ2n) is 9.50. The van der Waals surface area contributed by atoms with Gasteiger partial charge in [0.1, 0.15) is 12.3 Å². The average Bonchev–Trinajstić information content (AvgIpc) is 2.68. The molecule has 0 N–H and O–H groups in total. The zero-order valence-corrected chi connectivity index (χ0v) is 21.4. The van der Waals surface area contributed by atoms with Crippen molar-refractivity contribution in [1.82, 2.24) is 4.98 Å². The van der Waals surface area contributed by atoms with E-state index < -0.39 is 0 Å². The van der Waals surface area contributed by atoms with Gasteiger partial charge < -0.3 is 21.6 Å². The van der Waals surface area contributed by atoms with E-state index in [4.69, 9.17) is 9.72 Å². The van der Waals surface area contributed by atoms with E-state index in [9.17, 15) is 0 Å². The maximum Gasteiger partial charge on any atom is 0.140 e. The predicted octanol–water partition coefficient (Wildman–Crippen LogP) is 4.46.